The van der Waals surface area contributed by atoms with Crippen molar-refractivity contribution in [3.8, 4) is 16.2 Å². The van der Waals surface area contributed by atoms with Gasteiger partial charge in [0.15, 0.2) is 0 Å². The molecule has 5 heteroatoms. The number of phenolic OH excluding ortho intramolecular Hbond substituents is 1. The molecular formula is C22H21NOS3. The first-order valence-corrected chi connectivity index (χ1v) is 11.5. The average Bonchev–Trinajstić information content (AvgIpc) is 3.38. The number of anilines is 3. The van der Waals surface area contributed by atoms with Crippen LogP contribution >= 0.6 is 34.0 Å². The average molecular weight is 412 g/mol. The van der Waals surface area contributed by atoms with Crippen molar-refractivity contribution < 1.29 is 5.11 Å². The number of phenols is 1. The third-order valence-corrected chi connectivity index (χ3v) is 7.45. The lowest BCUT2D eigenvalue weighted by molar-refractivity contribution is 0.475. The van der Waals surface area contributed by atoms with Gasteiger partial charge in [0.25, 0.3) is 0 Å². The summed E-state index contributed by atoms with van der Waals surface area (Å²) in [5.74, 6) is 0.795. The highest BCUT2D eigenvalue weighted by molar-refractivity contribution is 7.15. The van der Waals surface area contributed by atoms with Crippen LogP contribution in [0, 0.1) is 6.92 Å². The number of benzene rings is 1. The van der Waals surface area contributed by atoms with Crippen molar-refractivity contribution in [2.75, 3.05) is 4.90 Å². The summed E-state index contributed by atoms with van der Waals surface area (Å²) >= 11 is 5.35. The highest BCUT2D eigenvalue weighted by atomic mass is 32.1. The van der Waals surface area contributed by atoms with E-state index >= 15 is 0 Å². The molecule has 0 aliphatic rings. The quantitative estimate of drug-likeness (QED) is 0.358. The molecule has 0 aliphatic carbocycles. The molecule has 4 aromatic rings. The molecule has 0 bridgehead atoms. The van der Waals surface area contributed by atoms with Crippen LogP contribution < -0.4 is 4.90 Å². The molecule has 0 atom stereocenters. The molecule has 0 saturated carbocycles. The second kappa shape index (κ2) is 7.50. The summed E-state index contributed by atoms with van der Waals surface area (Å²) in [4.78, 5) is 6.24. The van der Waals surface area contributed by atoms with Gasteiger partial charge in [-0.05, 0) is 60.7 Å². The molecule has 0 radical (unpaired) electrons. The third kappa shape index (κ3) is 3.81. The molecule has 0 unspecified atom stereocenters. The maximum Gasteiger partial charge on any atom is 0.115 e. The van der Waals surface area contributed by atoms with Crippen LogP contribution in [0.1, 0.15) is 29.5 Å². The van der Waals surface area contributed by atoms with Crippen LogP contribution in [0.2, 0.25) is 0 Å². The summed E-state index contributed by atoms with van der Waals surface area (Å²) in [5, 5.41) is 16.3. The first kappa shape index (κ1) is 18.3. The molecule has 0 aliphatic heterocycles. The fourth-order valence-electron chi connectivity index (χ4n) is 2.98. The molecule has 3 heterocycles. The molecule has 0 fully saturated rings. The summed E-state index contributed by atoms with van der Waals surface area (Å²) in [6.07, 6.45) is 0. The topological polar surface area (TPSA) is 23.5 Å². The molecular weight excluding hydrogens is 390 g/mol. The Bertz CT molecular complexity index is 1040. The smallest absolute Gasteiger partial charge is 0.115 e. The van der Waals surface area contributed by atoms with E-state index < -0.39 is 0 Å². The second-order valence-corrected chi connectivity index (χ2v) is 9.80. The normalized spacial score (nSPS) is 11.3. The Kier molecular flexibility index (Phi) is 5.08. The lowest BCUT2D eigenvalue weighted by Gasteiger charge is -2.22. The maximum absolute atomic E-state index is 9.70. The van der Waals surface area contributed by atoms with Crippen molar-refractivity contribution in [1.29, 1.82) is 0 Å². The number of rotatable bonds is 5. The third-order valence-electron chi connectivity index (χ3n) is 4.40. The van der Waals surface area contributed by atoms with Gasteiger partial charge in [-0.1, -0.05) is 13.8 Å². The first-order chi connectivity index (χ1) is 13.0. The van der Waals surface area contributed by atoms with Crippen molar-refractivity contribution in [3.63, 3.8) is 0 Å². The fraction of sp³-hybridized carbons (Fsp3) is 0.182. The van der Waals surface area contributed by atoms with Gasteiger partial charge in [0.2, 0.25) is 0 Å². The van der Waals surface area contributed by atoms with Crippen LogP contribution in [0.15, 0.2) is 58.6 Å². The van der Waals surface area contributed by atoms with Gasteiger partial charge in [-0.25, -0.2) is 0 Å². The van der Waals surface area contributed by atoms with Crippen LogP contribution in [-0.4, -0.2) is 5.11 Å². The van der Waals surface area contributed by atoms with Crippen molar-refractivity contribution in [2.45, 2.75) is 26.7 Å². The molecule has 27 heavy (non-hydrogen) atoms. The number of hydrogen-bond donors (Lipinski definition) is 1. The maximum atomic E-state index is 9.70. The SMILES string of the molecule is Cc1cc(-c2cc(N(c3ccc(O)cc3)c3csc(C(C)C)c3)cs2)cs1. The standard InChI is InChI=1S/C22H21NOS3/c1-14(2)21-9-18(12-26-21)23(17-4-6-20(24)7-5-17)19-10-22(27-13-19)16-8-15(3)25-11-16/h4-14,24H,1-3H3. The van der Waals surface area contributed by atoms with Crippen molar-refractivity contribution in [3.05, 3.63) is 68.4 Å². The van der Waals surface area contributed by atoms with Gasteiger partial charge in [0.05, 0.1) is 11.4 Å². The van der Waals surface area contributed by atoms with Crippen molar-refractivity contribution in [2.24, 2.45) is 0 Å². The van der Waals surface area contributed by atoms with E-state index in [4.69, 9.17) is 0 Å². The number of thiophene rings is 3. The zero-order chi connectivity index (χ0) is 19.0. The van der Waals surface area contributed by atoms with E-state index in [2.05, 4.69) is 60.0 Å². The van der Waals surface area contributed by atoms with Gasteiger partial charge >= 0.3 is 0 Å². The van der Waals surface area contributed by atoms with E-state index in [1.165, 1.54) is 25.9 Å². The predicted octanol–water partition coefficient (Wildman–Crippen LogP) is 8.15. The molecule has 0 spiro atoms. The second-order valence-electron chi connectivity index (χ2n) is 6.83. The molecule has 1 aromatic carbocycles. The number of aryl methyl sites for hydroxylation is 1. The molecule has 0 amide bonds. The van der Waals surface area contributed by atoms with E-state index in [0.29, 0.717) is 5.92 Å². The predicted molar refractivity (Wildman–Crippen MR) is 121 cm³/mol. The minimum absolute atomic E-state index is 0.284. The lowest BCUT2D eigenvalue weighted by atomic mass is 10.1. The summed E-state index contributed by atoms with van der Waals surface area (Å²) in [6.45, 7) is 6.59. The van der Waals surface area contributed by atoms with E-state index in [9.17, 15) is 5.11 Å². The number of hydrogen-bond acceptors (Lipinski definition) is 5. The lowest BCUT2D eigenvalue weighted by Crippen LogP contribution is -2.07. The first-order valence-electron chi connectivity index (χ1n) is 8.83. The van der Waals surface area contributed by atoms with E-state index in [1.807, 2.05) is 12.1 Å². The zero-order valence-corrected chi connectivity index (χ0v) is 17.9. The van der Waals surface area contributed by atoms with E-state index in [-0.39, 0.29) is 5.75 Å². The van der Waals surface area contributed by atoms with Gasteiger partial charge in [-0.3, -0.25) is 0 Å². The Labute approximate surface area is 172 Å². The van der Waals surface area contributed by atoms with E-state index in [1.54, 1.807) is 46.1 Å². The van der Waals surface area contributed by atoms with Gasteiger partial charge in [0.1, 0.15) is 5.75 Å². The number of nitrogens with zero attached hydrogens (tertiary/aromatic N) is 1. The van der Waals surface area contributed by atoms with Gasteiger partial charge < -0.3 is 10.0 Å². The Balaban J connectivity index is 1.78. The molecule has 0 saturated heterocycles. The van der Waals surface area contributed by atoms with Crippen LogP contribution in [0.4, 0.5) is 17.1 Å². The highest BCUT2D eigenvalue weighted by Crippen LogP contribution is 2.43. The molecule has 2 nitrogen and oxygen atoms in total. The van der Waals surface area contributed by atoms with Crippen LogP contribution in [0.5, 0.6) is 5.75 Å². The highest BCUT2D eigenvalue weighted by Gasteiger charge is 2.17. The minimum atomic E-state index is 0.284. The molecule has 4 rings (SSSR count). The van der Waals surface area contributed by atoms with Gasteiger partial charge in [-0.2, -0.15) is 0 Å². The van der Waals surface area contributed by atoms with Crippen LogP contribution in [-0.2, 0) is 0 Å². The van der Waals surface area contributed by atoms with Crippen molar-refractivity contribution in [1.82, 2.24) is 0 Å². The van der Waals surface area contributed by atoms with Crippen LogP contribution in [0.3, 0.4) is 0 Å². The van der Waals surface area contributed by atoms with Gasteiger partial charge in [-0.15, -0.1) is 34.0 Å². The monoisotopic (exact) mass is 411 g/mol. The number of aromatic hydroxyl groups is 1. The summed E-state index contributed by atoms with van der Waals surface area (Å²) in [7, 11) is 0. The van der Waals surface area contributed by atoms with Crippen LogP contribution in [0.25, 0.3) is 10.4 Å². The summed E-state index contributed by atoms with van der Waals surface area (Å²) in [6, 6.07) is 14.2. The Hall–Kier alpha value is -2.08. The van der Waals surface area contributed by atoms with E-state index in [0.717, 1.165) is 11.4 Å². The fourth-order valence-corrected chi connectivity index (χ4v) is 5.51. The van der Waals surface area contributed by atoms with Crippen molar-refractivity contribution >= 4 is 51.1 Å². The largest absolute Gasteiger partial charge is 0.508 e. The Morgan fingerprint density at radius 2 is 1.52 bits per heavy atom. The zero-order valence-electron chi connectivity index (χ0n) is 15.5. The summed E-state index contributed by atoms with van der Waals surface area (Å²) in [5.41, 5.74) is 4.65. The minimum Gasteiger partial charge on any atom is -0.508 e. The Morgan fingerprint density at radius 1 is 0.815 bits per heavy atom. The molecule has 3 aromatic heterocycles. The van der Waals surface area contributed by atoms with Gasteiger partial charge in [0, 0.05) is 36.6 Å². The molecule has 1 N–H and O–H groups in total. The molecule has 138 valence electrons. The Morgan fingerprint density at radius 3 is 2.15 bits per heavy atom. The summed E-state index contributed by atoms with van der Waals surface area (Å²) < 4.78 is 0.